The zero-order valence-corrected chi connectivity index (χ0v) is 19.2. The van der Waals surface area contributed by atoms with E-state index in [0.29, 0.717) is 22.5 Å². The lowest BCUT2D eigenvalue weighted by atomic mass is 10.0. The monoisotopic (exact) mass is 470 g/mol. The fourth-order valence-corrected chi connectivity index (χ4v) is 4.54. The van der Waals surface area contributed by atoms with Crippen molar-refractivity contribution in [3.05, 3.63) is 102 Å². The van der Waals surface area contributed by atoms with E-state index >= 15 is 0 Å². The summed E-state index contributed by atoms with van der Waals surface area (Å²) < 4.78 is 24.3. The predicted molar refractivity (Wildman–Crippen MR) is 134 cm³/mol. The molecule has 0 saturated carbocycles. The Kier molecular flexibility index (Phi) is 6.51. The van der Waals surface area contributed by atoms with Crippen molar-refractivity contribution < 1.29 is 13.2 Å². The molecule has 4 rings (SSSR count). The Hall–Kier alpha value is -4.30. The maximum Gasteiger partial charge on any atom is 0.257 e. The molecule has 0 fully saturated rings. The second-order valence-electron chi connectivity index (χ2n) is 7.60. The van der Waals surface area contributed by atoms with Crippen LogP contribution < -0.4 is 11.2 Å². The average molecular weight is 471 g/mol. The zero-order chi connectivity index (χ0) is 24.1. The van der Waals surface area contributed by atoms with Crippen molar-refractivity contribution in [3.63, 3.8) is 0 Å². The molecule has 0 bridgehead atoms. The molecular weight excluding hydrogens is 448 g/mol. The number of carbonyl (C=O) groups is 1. The van der Waals surface area contributed by atoms with Crippen LogP contribution in [0, 0.1) is 0 Å². The number of anilines is 1. The van der Waals surface area contributed by atoms with Crippen LogP contribution in [0.25, 0.3) is 22.4 Å². The van der Waals surface area contributed by atoms with Gasteiger partial charge in [-0.15, -0.1) is 0 Å². The molecule has 7 nitrogen and oxygen atoms in total. The van der Waals surface area contributed by atoms with Crippen LogP contribution in [0.5, 0.6) is 0 Å². The van der Waals surface area contributed by atoms with Crippen LogP contribution in [0.15, 0.2) is 101 Å². The standard InChI is InChI=1S/C26H22N4O3S/c1-34(32,33)24-10-3-2-8-22(24)19-11-13-21(14-12-19)30-26(31)23-9-5-15-28-25(23)20-7-4-6-18(16-20)17-29-27/h2-17H,27H2,1H3,(H,30,31). The van der Waals surface area contributed by atoms with Crippen LogP contribution in [0.2, 0.25) is 0 Å². The molecule has 8 heteroatoms. The molecule has 0 aliphatic heterocycles. The predicted octanol–water partition coefficient (Wildman–Crippen LogP) is 4.36. The van der Waals surface area contributed by atoms with Gasteiger partial charge in [-0.05, 0) is 47.5 Å². The van der Waals surface area contributed by atoms with Crippen LogP contribution in [0.1, 0.15) is 15.9 Å². The molecule has 0 saturated heterocycles. The number of sulfone groups is 1. The largest absolute Gasteiger partial charge is 0.323 e. The molecule has 0 spiro atoms. The summed E-state index contributed by atoms with van der Waals surface area (Å²) in [6, 6.07) is 24.7. The van der Waals surface area contributed by atoms with Gasteiger partial charge in [0.05, 0.1) is 22.4 Å². The Labute approximate surface area is 197 Å². The third kappa shape index (κ3) is 5.02. The van der Waals surface area contributed by atoms with Crippen molar-refractivity contribution >= 4 is 27.6 Å². The van der Waals surface area contributed by atoms with Gasteiger partial charge in [-0.3, -0.25) is 9.78 Å². The van der Waals surface area contributed by atoms with Gasteiger partial charge in [0.1, 0.15) is 0 Å². The van der Waals surface area contributed by atoms with Crippen LogP contribution in [-0.2, 0) is 9.84 Å². The molecular formula is C26H22N4O3S. The minimum Gasteiger partial charge on any atom is -0.323 e. The van der Waals surface area contributed by atoms with E-state index < -0.39 is 9.84 Å². The van der Waals surface area contributed by atoms with E-state index in [4.69, 9.17) is 5.84 Å². The third-order valence-electron chi connectivity index (χ3n) is 5.18. The van der Waals surface area contributed by atoms with Gasteiger partial charge in [0.15, 0.2) is 9.84 Å². The first-order valence-corrected chi connectivity index (χ1v) is 12.3. The van der Waals surface area contributed by atoms with Crippen molar-refractivity contribution in [1.29, 1.82) is 0 Å². The molecule has 1 heterocycles. The van der Waals surface area contributed by atoms with Gasteiger partial charge in [-0.2, -0.15) is 5.10 Å². The van der Waals surface area contributed by atoms with E-state index in [1.165, 1.54) is 12.5 Å². The Bertz CT molecular complexity index is 1480. The molecule has 0 radical (unpaired) electrons. The topological polar surface area (TPSA) is 115 Å². The number of benzene rings is 3. The van der Waals surface area contributed by atoms with Crippen molar-refractivity contribution in [2.24, 2.45) is 10.9 Å². The first kappa shape index (κ1) is 22.9. The lowest BCUT2D eigenvalue weighted by molar-refractivity contribution is 0.102. The minimum absolute atomic E-state index is 0.258. The number of nitrogens with two attached hydrogens (primary N) is 1. The number of nitrogens with zero attached hydrogens (tertiary/aromatic N) is 2. The molecule has 0 aliphatic carbocycles. The lowest BCUT2D eigenvalue weighted by Gasteiger charge is -2.11. The van der Waals surface area contributed by atoms with Crippen molar-refractivity contribution in [3.8, 4) is 22.4 Å². The van der Waals surface area contributed by atoms with Crippen LogP contribution in [0.3, 0.4) is 0 Å². The van der Waals surface area contributed by atoms with E-state index in [-0.39, 0.29) is 10.8 Å². The number of hydrazone groups is 1. The molecule has 1 aromatic heterocycles. The quantitative estimate of drug-likeness (QED) is 0.247. The number of aromatic nitrogens is 1. The average Bonchev–Trinajstić information content (AvgIpc) is 2.84. The van der Waals surface area contributed by atoms with Gasteiger partial charge in [0.25, 0.3) is 5.91 Å². The summed E-state index contributed by atoms with van der Waals surface area (Å²) in [5.41, 5.74) is 4.42. The fraction of sp³-hybridized carbons (Fsp3) is 0.0385. The number of pyridine rings is 1. The molecule has 1 amide bonds. The summed E-state index contributed by atoms with van der Waals surface area (Å²) in [5, 5.41) is 6.43. The number of carbonyl (C=O) groups excluding carboxylic acids is 1. The molecule has 34 heavy (non-hydrogen) atoms. The first-order chi connectivity index (χ1) is 16.4. The van der Waals surface area contributed by atoms with E-state index in [0.717, 1.165) is 16.7 Å². The minimum atomic E-state index is -3.38. The van der Waals surface area contributed by atoms with E-state index in [2.05, 4.69) is 15.4 Å². The Morgan fingerprint density at radius 2 is 1.71 bits per heavy atom. The maximum absolute atomic E-state index is 13.1. The Morgan fingerprint density at radius 3 is 2.44 bits per heavy atom. The Morgan fingerprint density at radius 1 is 0.941 bits per heavy atom. The van der Waals surface area contributed by atoms with Gasteiger partial charge in [-0.25, -0.2) is 8.42 Å². The van der Waals surface area contributed by atoms with Gasteiger partial charge in [0.2, 0.25) is 0 Å². The molecule has 0 atom stereocenters. The number of nitrogens with one attached hydrogen (secondary N) is 1. The van der Waals surface area contributed by atoms with Gasteiger partial charge in [-0.1, -0.05) is 48.5 Å². The molecule has 4 aromatic rings. The second-order valence-corrected chi connectivity index (χ2v) is 9.59. The van der Waals surface area contributed by atoms with Crippen molar-refractivity contribution in [1.82, 2.24) is 4.98 Å². The van der Waals surface area contributed by atoms with Gasteiger partial charge >= 0.3 is 0 Å². The zero-order valence-electron chi connectivity index (χ0n) is 18.3. The first-order valence-electron chi connectivity index (χ1n) is 10.4. The van der Waals surface area contributed by atoms with Crippen LogP contribution >= 0.6 is 0 Å². The SMILES string of the molecule is CS(=O)(=O)c1ccccc1-c1ccc(NC(=O)c2cccnc2-c2cccc(C=NN)c2)cc1. The fourth-order valence-electron chi connectivity index (χ4n) is 3.63. The summed E-state index contributed by atoms with van der Waals surface area (Å²) >= 11 is 0. The van der Waals surface area contributed by atoms with Crippen LogP contribution in [-0.4, -0.2) is 31.8 Å². The highest BCUT2D eigenvalue weighted by Gasteiger charge is 2.16. The van der Waals surface area contributed by atoms with Crippen molar-refractivity contribution in [2.75, 3.05) is 11.6 Å². The lowest BCUT2D eigenvalue weighted by Crippen LogP contribution is -2.13. The highest BCUT2D eigenvalue weighted by molar-refractivity contribution is 7.90. The Balaban J connectivity index is 1.60. The molecule has 3 N–H and O–H groups in total. The number of amides is 1. The smallest absolute Gasteiger partial charge is 0.257 e. The summed E-state index contributed by atoms with van der Waals surface area (Å²) in [7, 11) is -3.38. The highest BCUT2D eigenvalue weighted by Crippen LogP contribution is 2.29. The highest BCUT2D eigenvalue weighted by atomic mass is 32.2. The molecule has 0 aliphatic rings. The number of rotatable bonds is 6. The maximum atomic E-state index is 13.1. The number of hydrogen-bond acceptors (Lipinski definition) is 6. The van der Waals surface area contributed by atoms with Gasteiger partial charge in [0, 0.05) is 29.3 Å². The summed E-state index contributed by atoms with van der Waals surface area (Å²) in [6.07, 6.45) is 4.34. The summed E-state index contributed by atoms with van der Waals surface area (Å²) in [6.45, 7) is 0. The second kappa shape index (κ2) is 9.68. The van der Waals surface area contributed by atoms with Gasteiger partial charge < -0.3 is 11.2 Å². The van der Waals surface area contributed by atoms with E-state index in [9.17, 15) is 13.2 Å². The molecule has 170 valence electrons. The molecule has 3 aromatic carbocycles. The molecule has 0 unspecified atom stereocenters. The van der Waals surface area contributed by atoms with Crippen LogP contribution in [0.4, 0.5) is 5.69 Å². The normalized spacial score (nSPS) is 11.4. The number of hydrogen-bond donors (Lipinski definition) is 2. The van der Waals surface area contributed by atoms with E-state index in [1.54, 1.807) is 66.9 Å². The van der Waals surface area contributed by atoms with E-state index in [1.807, 2.05) is 24.3 Å². The summed E-state index contributed by atoms with van der Waals surface area (Å²) in [5.74, 6) is 4.94. The van der Waals surface area contributed by atoms with Crippen molar-refractivity contribution in [2.45, 2.75) is 4.90 Å². The summed E-state index contributed by atoms with van der Waals surface area (Å²) in [4.78, 5) is 17.7. The third-order valence-corrected chi connectivity index (χ3v) is 6.33.